The van der Waals surface area contributed by atoms with Gasteiger partial charge in [0.25, 0.3) is 0 Å². The first-order valence-corrected chi connectivity index (χ1v) is 8.98. The van der Waals surface area contributed by atoms with Crippen molar-refractivity contribution in [3.8, 4) is 17.5 Å². The highest BCUT2D eigenvalue weighted by Gasteiger charge is 2.31. The van der Waals surface area contributed by atoms with Crippen molar-refractivity contribution in [3.63, 3.8) is 0 Å². The number of hydrogen-bond donors (Lipinski definition) is 1. The van der Waals surface area contributed by atoms with Crippen LogP contribution in [0.1, 0.15) is 24.0 Å². The Bertz CT molecular complexity index is 1040. The fourth-order valence-corrected chi connectivity index (χ4v) is 3.43. The van der Waals surface area contributed by atoms with Crippen LogP contribution in [0.15, 0.2) is 42.7 Å². The number of nitrogens with one attached hydrogen (secondary N) is 1. The molecule has 1 aliphatic rings. The Morgan fingerprint density at radius 3 is 2.86 bits per heavy atom. The number of benzene rings is 1. The lowest BCUT2D eigenvalue weighted by Crippen LogP contribution is -2.42. The number of piperidine rings is 1. The van der Waals surface area contributed by atoms with Gasteiger partial charge < -0.3 is 4.98 Å². The average molecular weight is 376 g/mol. The Morgan fingerprint density at radius 1 is 1.25 bits per heavy atom. The number of carbonyl (C=O) groups is 1. The molecule has 7 nitrogen and oxygen atoms in total. The van der Waals surface area contributed by atoms with E-state index in [0.29, 0.717) is 24.7 Å². The van der Waals surface area contributed by atoms with E-state index in [0.717, 1.165) is 24.0 Å². The van der Waals surface area contributed by atoms with Gasteiger partial charge >= 0.3 is 0 Å². The maximum absolute atomic E-state index is 13.5. The van der Waals surface area contributed by atoms with Gasteiger partial charge in [0.05, 0.1) is 5.56 Å². The number of nitrogens with zero attached hydrogens (tertiary/aromatic N) is 5. The Labute approximate surface area is 160 Å². The van der Waals surface area contributed by atoms with Gasteiger partial charge in [-0.3, -0.25) is 14.7 Å². The molecule has 0 bridgehead atoms. The molecule has 1 aromatic carbocycles. The molecule has 3 heterocycles. The second-order valence-corrected chi connectivity index (χ2v) is 6.69. The van der Waals surface area contributed by atoms with Crippen LogP contribution in [0.4, 0.5) is 10.3 Å². The van der Waals surface area contributed by atoms with Crippen molar-refractivity contribution in [2.45, 2.75) is 19.3 Å². The van der Waals surface area contributed by atoms with Crippen LogP contribution in [-0.2, 0) is 11.2 Å². The van der Waals surface area contributed by atoms with E-state index in [9.17, 15) is 9.18 Å². The molecule has 0 spiro atoms. The summed E-state index contributed by atoms with van der Waals surface area (Å²) >= 11 is 0. The quantitative estimate of drug-likeness (QED) is 0.755. The molecule has 1 N–H and O–H groups in total. The van der Waals surface area contributed by atoms with Crippen LogP contribution in [0.3, 0.4) is 0 Å². The number of H-pyrrole nitrogens is 1. The highest BCUT2D eigenvalue weighted by atomic mass is 19.1. The Hall–Kier alpha value is -3.60. The number of hydrogen-bond acceptors (Lipinski definition) is 5. The van der Waals surface area contributed by atoms with Crippen molar-refractivity contribution in [2.75, 3.05) is 11.4 Å². The van der Waals surface area contributed by atoms with E-state index >= 15 is 0 Å². The summed E-state index contributed by atoms with van der Waals surface area (Å²) in [6, 6.07) is 9.87. The van der Waals surface area contributed by atoms with Gasteiger partial charge in [-0.1, -0.05) is 6.07 Å². The minimum atomic E-state index is -0.548. The molecule has 0 unspecified atom stereocenters. The standard InChI is InChI=1S/C20H17FN6O/c21-17-4-3-13(11-16(17)12-22)10-15-2-1-9-27(19(15)28)20-24-18(25-26-20)14-5-7-23-8-6-14/h3-8,11,15H,1-2,9-10H2,(H,24,25,26)/t15-/m0/s1. The second kappa shape index (κ2) is 7.56. The van der Waals surface area contributed by atoms with Gasteiger partial charge in [-0.15, -0.1) is 10.2 Å². The normalized spacial score (nSPS) is 16.8. The first-order chi connectivity index (χ1) is 13.7. The SMILES string of the molecule is N#Cc1cc(C[C@@H]2CCCN(c3nnc(-c4ccncc4)[nH]3)C2=O)ccc1F. The fourth-order valence-electron chi connectivity index (χ4n) is 3.43. The summed E-state index contributed by atoms with van der Waals surface area (Å²) in [6.45, 7) is 0.563. The van der Waals surface area contributed by atoms with Gasteiger partial charge in [-0.05, 0) is 49.1 Å². The van der Waals surface area contributed by atoms with E-state index in [4.69, 9.17) is 5.26 Å². The van der Waals surface area contributed by atoms with Crippen molar-refractivity contribution in [1.29, 1.82) is 5.26 Å². The number of halogens is 1. The molecule has 8 heteroatoms. The van der Waals surface area contributed by atoms with Crippen molar-refractivity contribution < 1.29 is 9.18 Å². The predicted molar refractivity (Wildman–Crippen MR) is 99.5 cm³/mol. The lowest BCUT2D eigenvalue weighted by atomic mass is 9.90. The zero-order valence-corrected chi connectivity index (χ0v) is 15.0. The molecule has 0 aliphatic carbocycles. The van der Waals surface area contributed by atoms with E-state index in [1.807, 2.05) is 18.2 Å². The number of nitriles is 1. The second-order valence-electron chi connectivity index (χ2n) is 6.69. The van der Waals surface area contributed by atoms with Gasteiger partial charge in [0.15, 0.2) is 5.82 Å². The van der Waals surface area contributed by atoms with E-state index < -0.39 is 5.82 Å². The van der Waals surface area contributed by atoms with Crippen molar-refractivity contribution >= 4 is 11.9 Å². The minimum absolute atomic E-state index is 0.00478. The highest BCUT2D eigenvalue weighted by molar-refractivity contribution is 5.94. The number of aromatic nitrogens is 4. The number of pyridine rings is 1. The van der Waals surface area contributed by atoms with Gasteiger partial charge in [0.1, 0.15) is 11.9 Å². The molecule has 4 rings (SSSR count). The summed E-state index contributed by atoms with van der Waals surface area (Å²) < 4.78 is 13.5. The van der Waals surface area contributed by atoms with E-state index in [2.05, 4.69) is 20.2 Å². The van der Waals surface area contributed by atoms with Crippen LogP contribution in [-0.4, -0.2) is 32.6 Å². The zero-order chi connectivity index (χ0) is 19.5. The third-order valence-electron chi connectivity index (χ3n) is 4.87. The van der Waals surface area contributed by atoms with Gasteiger partial charge in [0.2, 0.25) is 11.9 Å². The van der Waals surface area contributed by atoms with Crippen molar-refractivity contribution in [3.05, 3.63) is 59.7 Å². The molecule has 1 aliphatic heterocycles. The molecule has 1 saturated heterocycles. The maximum atomic E-state index is 13.5. The van der Waals surface area contributed by atoms with Crippen molar-refractivity contribution in [2.24, 2.45) is 5.92 Å². The average Bonchev–Trinajstić information content (AvgIpc) is 3.21. The summed E-state index contributed by atoms with van der Waals surface area (Å²) in [5.41, 5.74) is 1.60. The molecule has 2 aromatic heterocycles. The molecular formula is C20H17FN6O. The van der Waals surface area contributed by atoms with Crippen LogP contribution >= 0.6 is 0 Å². The molecular weight excluding hydrogens is 359 g/mol. The number of anilines is 1. The Morgan fingerprint density at radius 2 is 2.07 bits per heavy atom. The Balaban J connectivity index is 1.52. The van der Waals surface area contributed by atoms with Crippen LogP contribution in [0, 0.1) is 23.1 Å². The summed E-state index contributed by atoms with van der Waals surface area (Å²) in [6.07, 6.45) is 5.35. The van der Waals surface area contributed by atoms with Gasteiger partial charge in [0, 0.05) is 30.4 Å². The lowest BCUT2D eigenvalue weighted by Gasteiger charge is -2.30. The third-order valence-corrected chi connectivity index (χ3v) is 4.87. The smallest absolute Gasteiger partial charge is 0.232 e. The molecule has 1 amide bonds. The van der Waals surface area contributed by atoms with Crippen LogP contribution in [0.5, 0.6) is 0 Å². The van der Waals surface area contributed by atoms with Crippen LogP contribution in [0.25, 0.3) is 11.4 Å². The first-order valence-electron chi connectivity index (χ1n) is 8.98. The maximum Gasteiger partial charge on any atom is 0.232 e. The monoisotopic (exact) mass is 376 g/mol. The fraction of sp³-hybridized carbons (Fsp3) is 0.250. The zero-order valence-electron chi connectivity index (χ0n) is 15.0. The number of carbonyl (C=O) groups excluding carboxylic acids is 1. The van der Waals surface area contributed by atoms with Gasteiger partial charge in [-0.25, -0.2) is 4.39 Å². The summed E-state index contributed by atoms with van der Waals surface area (Å²) in [7, 11) is 0. The van der Waals surface area contributed by atoms with Crippen molar-refractivity contribution in [1.82, 2.24) is 20.2 Å². The molecule has 0 radical (unpaired) electrons. The summed E-state index contributed by atoms with van der Waals surface area (Å²) in [5.74, 6) is 0.141. The largest absolute Gasteiger partial charge is 0.307 e. The van der Waals surface area contributed by atoms with Crippen LogP contribution in [0.2, 0.25) is 0 Å². The Kier molecular flexibility index (Phi) is 4.81. The highest BCUT2D eigenvalue weighted by Crippen LogP contribution is 2.26. The van der Waals surface area contributed by atoms with E-state index in [1.54, 1.807) is 23.4 Å². The molecule has 28 heavy (non-hydrogen) atoms. The predicted octanol–water partition coefficient (Wildman–Crippen LogP) is 2.86. The topological polar surface area (TPSA) is 98.6 Å². The summed E-state index contributed by atoms with van der Waals surface area (Å²) in [4.78, 5) is 21.7. The summed E-state index contributed by atoms with van der Waals surface area (Å²) in [5, 5.41) is 17.3. The molecule has 1 fully saturated rings. The molecule has 0 saturated carbocycles. The number of rotatable bonds is 4. The molecule has 3 aromatic rings. The first kappa shape index (κ1) is 17.8. The van der Waals surface area contributed by atoms with E-state index in [-0.39, 0.29) is 17.4 Å². The number of amides is 1. The number of aromatic amines is 1. The molecule has 1 atom stereocenters. The van der Waals surface area contributed by atoms with E-state index in [1.165, 1.54) is 12.1 Å². The molecule has 140 valence electrons. The third kappa shape index (κ3) is 3.47. The minimum Gasteiger partial charge on any atom is -0.307 e. The lowest BCUT2D eigenvalue weighted by molar-refractivity contribution is -0.123. The van der Waals surface area contributed by atoms with Crippen LogP contribution < -0.4 is 4.90 Å². The van der Waals surface area contributed by atoms with Gasteiger partial charge in [-0.2, -0.15) is 5.26 Å².